The van der Waals surface area contributed by atoms with E-state index in [4.69, 9.17) is 21.1 Å². The van der Waals surface area contributed by atoms with Gasteiger partial charge in [-0.2, -0.15) is 0 Å². The van der Waals surface area contributed by atoms with Crippen LogP contribution in [0.5, 0.6) is 11.5 Å². The average Bonchev–Trinajstić information content (AvgIpc) is 2.09. The van der Waals surface area contributed by atoms with Crippen LogP contribution >= 0.6 is 27.5 Å². The number of halogens is 2. The molecule has 12 heavy (non-hydrogen) atoms. The smallest absolute Gasteiger partial charge is 0.180 e. The van der Waals surface area contributed by atoms with E-state index in [1.165, 1.54) is 0 Å². The highest BCUT2D eigenvalue weighted by molar-refractivity contribution is 9.10. The van der Waals surface area contributed by atoms with Crippen LogP contribution in [0.3, 0.4) is 0 Å². The molecule has 0 aliphatic carbocycles. The lowest BCUT2D eigenvalue weighted by atomic mass is 10.3. The molecule has 0 heterocycles. The fourth-order valence-corrected chi connectivity index (χ4v) is 1.41. The van der Waals surface area contributed by atoms with Gasteiger partial charge in [0.05, 0.1) is 14.2 Å². The van der Waals surface area contributed by atoms with E-state index in [-0.39, 0.29) is 0 Å². The fraction of sp³-hybridized carbons (Fsp3) is 0.250. The van der Waals surface area contributed by atoms with Crippen molar-refractivity contribution in [2.45, 2.75) is 0 Å². The maximum atomic E-state index is 5.93. The number of rotatable bonds is 2. The molecule has 0 bridgehead atoms. The Kier molecular flexibility index (Phi) is 3.23. The van der Waals surface area contributed by atoms with E-state index in [2.05, 4.69) is 15.9 Å². The summed E-state index contributed by atoms with van der Waals surface area (Å²) in [6, 6.07) is 3.60. The summed E-state index contributed by atoms with van der Waals surface area (Å²) >= 11 is 9.21. The third-order valence-corrected chi connectivity index (χ3v) is 2.70. The molecule has 0 fully saturated rings. The van der Waals surface area contributed by atoms with Gasteiger partial charge < -0.3 is 9.47 Å². The second-order valence-electron chi connectivity index (χ2n) is 2.10. The summed E-state index contributed by atoms with van der Waals surface area (Å²) in [7, 11) is 3.12. The Morgan fingerprint density at radius 2 is 1.92 bits per heavy atom. The van der Waals surface area contributed by atoms with Crippen LogP contribution in [0.2, 0.25) is 5.02 Å². The van der Waals surface area contributed by atoms with Crippen molar-refractivity contribution in [3.8, 4) is 11.5 Å². The lowest BCUT2D eigenvalue weighted by Crippen LogP contribution is -1.91. The van der Waals surface area contributed by atoms with Gasteiger partial charge in [0.1, 0.15) is 5.02 Å². The first kappa shape index (κ1) is 9.68. The van der Waals surface area contributed by atoms with E-state index >= 15 is 0 Å². The lowest BCUT2D eigenvalue weighted by molar-refractivity contribution is 0.355. The predicted octanol–water partition coefficient (Wildman–Crippen LogP) is 3.12. The summed E-state index contributed by atoms with van der Waals surface area (Å²) in [5.41, 5.74) is 0. The molecule has 0 aromatic heterocycles. The Bertz CT molecular complexity index is 289. The molecule has 0 radical (unpaired) electrons. The van der Waals surface area contributed by atoms with E-state index < -0.39 is 0 Å². The Balaban J connectivity index is 3.25. The first-order chi connectivity index (χ1) is 5.70. The van der Waals surface area contributed by atoms with Crippen molar-refractivity contribution in [3.05, 3.63) is 21.6 Å². The molecule has 1 aromatic carbocycles. The quantitative estimate of drug-likeness (QED) is 0.804. The van der Waals surface area contributed by atoms with Crippen molar-refractivity contribution >= 4 is 27.5 Å². The zero-order chi connectivity index (χ0) is 9.14. The van der Waals surface area contributed by atoms with Crippen LogP contribution in [0, 0.1) is 0 Å². The predicted molar refractivity (Wildman–Crippen MR) is 52.3 cm³/mol. The van der Waals surface area contributed by atoms with Crippen molar-refractivity contribution in [2.75, 3.05) is 14.2 Å². The average molecular weight is 252 g/mol. The Labute approximate surface area is 84.6 Å². The van der Waals surface area contributed by atoms with E-state index in [9.17, 15) is 0 Å². The van der Waals surface area contributed by atoms with Crippen LogP contribution in [0.1, 0.15) is 0 Å². The van der Waals surface area contributed by atoms with E-state index in [1.54, 1.807) is 20.3 Å². The van der Waals surface area contributed by atoms with Gasteiger partial charge in [-0.3, -0.25) is 0 Å². The summed E-state index contributed by atoms with van der Waals surface area (Å²) in [4.78, 5) is 0. The maximum absolute atomic E-state index is 5.93. The van der Waals surface area contributed by atoms with Gasteiger partial charge in [0.2, 0.25) is 0 Å². The third-order valence-electron chi connectivity index (χ3n) is 1.44. The highest BCUT2D eigenvalue weighted by Gasteiger charge is 2.10. The standard InChI is InChI=1S/C8H8BrClO2/c1-11-6-4-3-5(9)7(10)8(6)12-2/h3-4H,1-2H3. The topological polar surface area (TPSA) is 18.5 Å². The van der Waals surface area contributed by atoms with E-state index in [1.807, 2.05) is 6.07 Å². The third kappa shape index (κ3) is 1.67. The van der Waals surface area contributed by atoms with Crippen LogP contribution in [0.4, 0.5) is 0 Å². The van der Waals surface area contributed by atoms with Crippen LogP contribution in [0.15, 0.2) is 16.6 Å². The molecule has 0 amide bonds. The first-order valence-corrected chi connectivity index (χ1v) is 4.43. The monoisotopic (exact) mass is 250 g/mol. The fourth-order valence-electron chi connectivity index (χ4n) is 0.865. The van der Waals surface area contributed by atoms with Crippen molar-refractivity contribution in [2.24, 2.45) is 0 Å². The molecule has 4 heteroatoms. The molecule has 1 aromatic rings. The van der Waals surface area contributed by atoms with Crippen molar-refractivity contribution < 1.29 is 9.47 Å². The number of benzene rings is 1. The number of hydrogen-bond donors (Lipinski definition) is 0. The minimum absolute atomic E-state index is 0.525. The minimum atomic E-state index is 0.525. The summed E-state index contributed by atoms with van der Waals surface area (Å²) < 4.78 is 10.9. The van der Waals surface area contributed by atoms with Crippen molar-refractivity contribution in [3.63, 3.8) is 0 Å². The molecular formula is C8H8BrClO2. The number of methoxy groups -OCH3 is 2. The molecule has 2 nitrogen and oxygen atoms in total. The van der Waals surface area contributed by atoms with Gasteiger partial charge in [-0.1, -0.05) is 11.6 Å². The largest absolute Gasteiger partial charge is 0.493 e. The molecule has 0 aliphatic rings. The summed E-state index contributed by atoms with van der Waals surface area (Å²) in [5, 5.41) is 0.525. The molecule has 0 atom stereocenters. The summed E-state index contributed by atoms with van der Waals surface area (Å²) in [6.07, 6.45) is 0. The van der Waals surface area contributed by atoms with Crippen molar-refractivity contribution in [1.82, 2.24) is 0 Å². The second kappa shape index (κ2) is 4.01. The molecule has 0 spiro atoms. The molecule has 66 valence electrons. The Morgan fingerprint density at radius 3 is 2.42 bits per heavy atom. The highest BCUT2D eigenvalue weighted by Crippen LogP contribution is 2.39. The first-order valence-electron chi connectivity index (χ1n) is 3.26. The number of ether oxygens (including phenoxy) is 2. The van der Waals surface area contributed by atoms with Gasteiger partial charge in [-0.15, -0.1) is 0 Å². The molecule has 0 N–H and O–H groups in total. The highest BCUT2D eigenvalue weighted by atomic mass is 79.9. The van der Waals surface area contributed by atoms with Crippen LogP contribution < -0.4 is 9.47 Å². The number of hydrogen-bond acceptors (Lipinski definition) is 2. The van der Waals surface area contributed by atoms with Crippen LogP contribution in [0.25, 0.3) is 0 Å². The van der Waals surface area contributed by atoms with Gasteiger partial charge in [0.15, 0.2) is 11.5 Å². The normalized spacial score (nSPS) is 9.67. The van der Waals surface area contributed by atoms with Gasteiger partial charge >= 0.3 is 0 Å². The maximum Gasteiger partial charge on any atom is 0.180 e. The van der Waals surface area contributed by atoms with Gasteiger partial charge in [-0.05, 0) is 28.1 Å². The zero-order valence-electron chi connectivity index (χ0n) is 6.73. The van der Waals surface area contributed by atoms with Crippen molar-refractivity contribution in [1.29, 1.82) is 0 Å². The summed E-state index contributed by atoms with van der Waals surface area (Å²) in [6.45, 7) is 0. The Morgan fingerprint density at radius 1 is 1.25 bits per heavy atom. The van der Waals surface area contributed by atoms with Gasteiger partial charge in [0, 0.05) is 4.47 Å². The van der Waals surface area contributed by atoms with E-state index in [0.29, 0.717) is 16.5 Å². The molecule has 0 saturated heterocycles. The van der Waals surface area contributed by atoms with Gasteiger partial charge in [-0.25, -0.2) is 0 Å². The molecule has 0 aliphatic heterocycles. The van der Waals surface area contributed by atoms with E-state index in [0.717, 1.165) is 4.47 Å². The minimum Gasteiger partial charge on any atom is -0.493 e. The summed E-state index contributed by atoms with van der Waals surface area (Å²) in [5.74, 6) is 1.18. The second-order valence-corrected chi connectivity index (χ2v) is 3.33. The van der Waals surface area contributed by atoms with Gasteiger partial charge in [0.25, 0.3) is 0 Å². The van der Waals surface area contributed by atoms with Crippen LogP contribution in [-0.2, 0) is 0 Å². The van der Waals surface area contributed by atoms with Crippen LogP contribution in [-0.4, -0.2) is 14.2 Å². The molecule has 1 rings (SSSR count). The molecule has 0 saturated carbocycles. The SMILES string of the molecule is COc1ccc(Br)c(Cl)c1OC. The Hall–Kier alpha value is -0.410. The zero-order valence-corrected chi connectivity index (χ0v) is 9.07. The molecule has 0 unspecified atom stereocenters. The lowest BCUT2D eigenvalue weighted by Gasteiger charge is -2.09. The molecular weight excluding hydrogens is 243 g/mol.